The Bertz CT molecular complexity index is 1970. The Morgan fingerprint density at radius 1 is 0.357 bits per heavy atom. The molecule has 2 aromatic heterocycles. The van der Waals surface area contributed by atoms with Crippen molar-refractivity contribution in [3.05, 3.63) is 145 Å². The highest BCUT2D eigenvalue weighted by atomic mass is 15.0. The number of hydrogen-bond donors (Lipinski definition) is 0. The number of fused-ring (bicyclic) bond motifs is 6. The Kier molecular flexibility index (Phi) is 6.40. The standard InChI is InChI=1S/C38H28N2.C2H6/c1-25-23-27(39-35-15-7-3-11-31(35)32-12-4-8-16-36(32)39)19-21-29(25)30-22-20-28(24-26(30)2)40-37-17-9-5-13-33(37)34-14-6-10-18-38(34)40;1-2/h3-24H,1-2H3;1-2H3. The van der Waals surface area contributed by atoms with Crippen LogP contribution in [0.15, 0.2) is 133 Å². The largest absolute Gasteiger partial charge is 0.309 e. The molecule has 0 saturated carbocycles. The van der Waals surface area contributed by atoms with Crippen LogP contribution in [0.2, 0.25) is 0 Å². The van der Waals surface area contributed by atoms with Crippen molar-refractivity contribution < 1.29 is 0 Å². The lowest BCUT2D eigenvalue weighted by Gasteiger charge is -2.15. The molecule has 0 amide bonds. The minimum atomic E-state index is 1.19. The monoisotopic (exact) mass is 542 g/mol. The summed E-state index contributed by atoms with van der Waals surface area (Å²) >= 11 is 0. The Hall–Kier alpha value is -5.08. The van der Waals surface area contributed by atoms with Crippen LogP contribution >= 0.6 is 0 Å². The van der Waals surface area contributed by atoms with Crippen LogP contribution < -0.4 is 0 Å². The molecular formula is C40H34N2. The van der Waals surface area contributed by atoms with E-state index in [9.17, 15) is 0 Å². The average molecular weight is 543 g/mol. The molecule has 204 valence electrons. The van der Waals surface area contributed by atoms with Crippen LogP contribution in [0, 0.1) is 13.8 Å². The lowest BCUT2D eigenvalue weighted by Crippen LogP contribution is -1.98. The van der Waals surface area contributed by atoms with Gasteiger partial charge in [0, 0.05) is 32.9 Å². The highest BCUT2D eigenvalue weighted by Crippen LogP contribution is 2.36. The number of rotatable bonds is 3. The molecule has 8 aromatic rings. The van der Waals surface area contributed by atoms with Crippen molar-refractivity contribution in [1.29, 1.82) is 0 Å². The van der Waals surface area contributed by atoms with Gasteiger partial charge in [-0.3, -0.25) is 0 Å². The molecule has 0 fully saturated rings. The van der Waals surface area contributed by atoms with E-state index in [1.807, 2.05) is 13.8 Å². The zero-order valence-corrected chi connectivity index (χ0v) is 24.6. The highest BCUT2D eigenvalue weighted by Gasteiger charge is 2.15. The first-order valence-electron chi connectivity index (χ1n) is 14.9. The molecule has 2 heteroatoms. The number of para-hydroxylation sites is 4. The van der Waals surface area contributed by atoms with Crippen LogP contribution in [-0.4, -0.2) is 9.13 Å². The predicted molar refractivity (Wildman–Crippen MR) is 181 cm³/mol. The van der Waals surface area contributed by atoms with E-state index in [4.69, 9.17) is 0 Å². The highest BCUT2D eigenvalue weighted by molar-refractivity contribution is 6.10. The van der Waals surface area contributed by atoms with Gasteiger partial charge in [-0.25, -0.2) is 0 Å². The van der Waals surface area contributed by atoms with Gasteiger partial charge in [-0.05, 0) is 84.6 Å². The lowest BCUT2D eigenvalue weighted by atomic mass is 9.95. The van der Waals surface area contributed by atoms with Gasteiger partial charge >= 0.3 is 0 Å². The molecule has 0 unspecified atom stereocenters. The summed E-state index contributed by atoms with van der Waals surface area (Å²) in [6, 6.07) is 48.5. The van der Waals surface area contributed by atoms with Gasteiger partial charge in [-0.2, -0.15) is 0 Å². The minimum absolute atomic E-state index is 1.19. The second kappa shape index (κ2) is 10.4. The fraction of sp³-hybridized carbons (Fsp3) is 0.100. The number of aromatic nitrogens is 2. The fourth-order valence-corrected chi connectivity index (χ4v) is 6.58. The van der Waals surface area contributed by atoms with Crippen molar-refractivity contribution in [2.24, 2.45) is 0 Å². The van der Waals surface area contributed by atoms with Gasteiger partial charge in [-0.1, -0.05) is 98.8 Å². The van der Waals surface area contributed by atoms with E-state index < -0.39 is 0 Å². The predicted octanol–water partition coefficient (Wildman–Crippen LogP) is 11.2. The van der Waals surface area contributed by atoms with Crippen molar-refractivity contribution in [2.45, 2.75) is 27.7 Å². The Morgan fingerprint density at radius 2 is 0.643 bits per heavy atom. The van der Waals surface area contributed by atoms with E-state index in [0.717, 1.165) is 0 Å². The third-order valence-electron chi connectivity index (χ3n) is 8.39. The Balaban J connectivity index is 0.00000141. The summed E-state index contributed by atoms with van der Waals surface area (Å²) in [5, 5.41) is 5.15. The summed E-state index contributed by atoms with van der Waals surface area (Å²) < 4.78 is 4.78. The quantitative estimate of drug-likeness (QED) is 0.210. The van der Waals surface area contributed by atoms with Gasteiger partial charge in [0.05, 0.1) is 22.1 Å². The van der Waals surface area contributed by atoms with Gasteiger partial charge in [0.2, 0.25) is 0 Å². The Labute approximate surface area is 247 Å². The summed E-state index contributed by atoms with van der Waals surface area (Å²) in [6.07, 6.45) is 0. The second-order valence-corrected chi connectivity index (χ2v) is 10.7. The van der Waals surface area contributed by atoms with Gasteiger partial charge in [0.25, 0.3) is 0 Å². The van der Waals surface area contributed by atoms with Crippen LogP contribution in [0.3, 0.4) is 0 Å². The van der Waals surface area contributed by atoms with E-state index in [0.29, 0.717) is 0 Å². The van der Waals surface area contributed by atoms with E-state index in [1.165, 1.54) is 77.2 Å². The molecule has 0 spiro atoms. The number of hydrogen-bond acceptors (Lipinski definition) is 0. The third-order valence-corrected chi connectivity index (χ3v) is 8.39. The normalized spacial score (nSPS) is 11.3. The summed E-state index contributed by atoms with van der Waals surface area (Å²) in [5.41, 5.74) is 12.4. The maximum Gasteiger partial charge on any atom is 0.0541 e. The molecule has 0 aliphatic rings. The molecule has 0 aliphatic heterocycles. The molecule has 0 bridgehead atoms. The summed E-state index contributed by atoms with van der Waals surface area (Å²) in [7, 11) is 0. The zero-order valence-electron chi connectivity index (χ0n) is 24.6. The number of benzene rings is 6. The van der Waals surface area contributed by atoms with Crippen molar-refractivity contribution >= 4 is 43.6 Å². The van der Waals surface area contributed by atoms with Crippen LogP contribution in [0.25, 0.3) is 66.1 Å². The third kappa shape index (κ3) is 3.94. The number of aryl methyl sites for hydroxylation is 2. The molecule has 0 aliphatic carbocycles. The smallest absolute Gasteiger partial charge is 0.0541 e. The molecule has 6 aromatic carbocycles. The molecule has 0 N–H and O–H groups in total. The van der Waals surface area contributed by atoms with Crippen molar-refractivity contribution in [3.8, 4) is 22.5 Å². The SMILES string of the molecule is CC.Cc1cc(-n2c3ccccc3c3ccccc32)ccc1-c1ccc(-n2c3ccccc3c3ccccc32)cc1C. The van der Waals surface area contributed by atoms with Gasteiger partial charge < -0.3 is 9.13 Å². The molecule has 2 nitrogen and oxygen atoms in total. The summed E-state index contributed by atoms with van der Waals surface area (Å²) in [4.78, 5) is 0. The second-order valence-electron chi connectivity index (χ2n) is 10.7. The number of nitrogens with zero attached hydrogens (tertiary/aromatic N) is 2. The zero-order chi connectivity index (χ0) is 28.8. The van der Waals surface area contributed by atoms with E-state index in [1.54, 1.807) is 0 Å². The van der Waals surface area contributed by atoms with Crippen LogP contribution in [0.4, 0.5) is 0 Å². The van der Waals surface area contributed by atoms with Gasteiger partial charge in [-0.15, -0.1) is 0 Å². The molecular weight excluding hydrogens is 508 g/mol. The molecule has 0 radical (unpaired) electrons. The van der Waals surface area contributed by atoms with Gasteiger partial charge in [0.15, 0.2) is 0 Å². The molecule has 2 heterocycles. The molecule has 42 heavy (non-hydrogen) atoms. The van der Waals surface area contributed by atoms with Crippen molar-refractivity contribution in [2.75, 3.05) is 0 Å². The van der Waals surface area contributed by atoms with Crippen molar-refractivity contribution in [3.63, 3.8) is 0 Å². The Morgan fingerprint density at radius 3 is 0.929 bits per heavy atom. The van der Waals surface area contributed by atoms with Crippen molar-refractivity contribution in [1.82, 2.24) is 9.13 Å². The van der Waals surface area contributed by atoms with Crippen LogP contribution in [0.5, 0.6) is 0 Å². The molecule has 0 atom stereocenters. The lowest BCUT2D eigenvalue weighted by molar-refractivity contribution is 1.16. The van der Waals surface area contributed by atoms with E-state index >= 15 is 0 Å². The summed E-state index contributed by atoms with van der Waals surface area (Å²) in [6.45, 7) is 8.46. The molecule has 8 rings (SSSR count). The van der Waals surface area contributed by atoms with E-state index in [-0.39, 0.29) is 0 Å². The molecule has 0 saturated heterocycles. The average Bonchev–Trinajstić information content (AvgIpc) is 3.55. The first-order chi connectivity index (χ1) is 20.7. The van der Waals surface area contributed by atoms with Gasteiger partial charge in [0.1, 0.15) is 0 Å². The first-order valence-corrected chi connectivity index (χ1v) is 14.9. The summed E-state index contributed by atoms with van der Waals surface area (Å²) in [5.74, 6) is 0. The maximum atomic E-state index is 2.39. The minimum Gasteiger partial charge on any atom is -0.309 e. The van der Waals surface area contributed by atoms with Crippen LogP contribution in [0.1, 0.15) is 25.0 Å². The fourth-order valence-electron chi connectivity index (χ4n) is 6.58. The van der Waals surface area contributed by atoms with Crippen LogP contribution in [-0.2, 0) is 0 Å². The first kappa shape index (κ1) is 25.9. The maximum absolute atomic E-state index is 2.39. The van der Waals surface area contributed by atoms with E-state index in [2.05, 4.69) is 156 Å². The topological polar surface area (TPSA) is 9.86 Å².